The Bertz CT molecular complexity index is 864. The maximum Gasteiger partial charge on any atom is 0.254 e. The molecule has 0 radical (unpaired) electrons. The number of para-hydroxylation sites is 1. The van der Waals surface area contributed by atoms with Gasteiger partial charge in [0, 0.05) is 37.7 Å². The van der Waals surface area contributed by atoms with Crippen LogP contribution in [0, 0.1) is 0 Å². The number of amides is 1. The van der Waals surface area contributed by atoms with Crippen molar-refractivity contribution in [1.82, 2.24) is 25.1 Å². The van der Waals surface area contributed by atoms with Crippen LogP contribution in [0.5, 0.6) is 0 Å². The summed E-state index contributed by atoms with van der Waals surface area (Å²) in [4.78, 5) is 23.2. The highest BCUT2D eigenvalue weighted by Gasteiger charge is 2.23. The van der Waals surface area contributed by atoms with E-state index in [1.807, 2.05) is 30.3 Å². The Morgan fingerprint density at radius 3 is 2.85 bits per heavy atom. The molecule has 2 aromatic heterocycles. The van der Waals surface area contributed by atoms with E-state index in [2.05, 4.69) is 25.3 Å². The van der Waals surface area contributed by atoms with Crippen molar-refractivity contribution in [3.63, 3.8) is 0 Å². The number of piperidine rings is 1. The Balaban J connectivity index is 1.41. The van der Waals surface area contributed by atoms with E-state index >= 15 is 0 Å². The summed E-state index contributed by atoms with van der Waals surface area (Å²) in [6.45, 7) is 1.66. The van der Waals surface area contributed by atoms with E-state index in [0.29, 0.717) is 5.56 Å². The van der Waals surface area contributed by atoms with Crippen molar-refractivity contribution < 1.29 is 4.79 Å². The van der Waals surface area contributed by atoms with Crippen LogP contribution in [0.15, 0.2) is 61.3 Å². The third-order valence-electron chi connectivity index (χ3n) is 4.50. The summed E-state index contributed by atoms with van der Waals surface area (Å²) >= 11 is 0. The zero-order chi connectivity index (χ0) is 17.8. The van der Waals surface area contributed by atoms with Crippen LogP contribution in [-0.4, -0.2) is 44.8 Å². The third-order valence-corrected chi connectivity index (χ3v) is 4.50. The molecule has 0 bridgehead atoms. The van der Waals surface area contributed by atoms with Crippen molar-refractivity contribution in [1.29, 1.82) is 0 Å². The molecule has 0 spiro atoms. The molecule has 26 heavy (non-hydrogen) atoms. The zero-order valence-corrected chi connectivity index (χ0v) is 14.3. The van der Waals surface area contributed by atoms with Gasteiger partial charge in [-0.05, 0) is 25.0 Å². The van der Waals surface area contributed by atoms with E-state index in [1.165, 1.54) is 0 Å². The van der Waals surface area contributed by atoms with Gasteiger partial charge in [0.2, 0.25) is 0 Å². The first-order valence-electron chi connectivity index (χ1n) is 8.71. The number of rotatable bonds is 4. The van der Waals surface area contributed by atoms with Gasteiger partial charge < -0.3 is 10.2 Å². The number of nitrogens with zero attached hydrogens (tertiary/aromatic N) is 5. The van der Waals surface area contributed by atoms with E-state index in [0.717, 1.165) is 37.4 Å². The monoisotopic (exact) mass is 348 g/mol. The number of carbonyl (C=O) groups excluding carboxylic acids is 1. The standard InChI is InChI=1S/C19H20N6O/c26-19(15-11-22-25(13-15)17-6-2-1-3-7-17)23-16-5-4-10-24(14-16)18-12-20-8-9-21-18/h1-3,6-9,11-13,16H,4-5,10,14H2,(H,23,26)/t16-/m1/s1. The Hall–Kier alpha value is -3.22. The fourth-order valence-corrected chi connectivity index (χ4v) is 3.19. The van der Waals surface area contributed by atoms with Crippen molar-refractivity contribution >= 4 is 11.7 Å². The van der Waals surface area contributed by atoms with Crippen molar-refractivity contribution in [2.24, 2.45) is 0 Å². The summed E-state index contributed by atoms with van der Waals surface area (Å²) < 4.78 is 1.71. The molecule has 0 saturated carbocycles. The quantitative estimate of drug-likeness (QED) is 0.781. The molecule has 0 aliphatic carbocycles. The van der Waals surface area contributed by atoms with Gasteiger partial charge in [-0.3, -0.25) is 9.78 Å². The maximum atomic E-state index is 12.6. The molecule has 1 fully saturated rings. The SMILES string of the molecule is O=C(N[C@@H]1CCCN(c2cnccn2)C1)c1cnn(-c2ccccc2)c1. The first-order valence-corrected chi connectivity index (χ1v) is 8.71. The summed E-state index contributed by atoms with van der Waals surface area (Å²) in [6, 6.07) is 9.83. The fraction of sp³-hybridized carbons (Fsp3) is 0.263. The number of hydrogen-bond acceptors (Lipinski definition) is 5. The number of carbonyl (C=O) groups is 1. The van der Waals surface area contributed by atoms with Crippen LogP contribution in [0.25, 0.3) is 5.69 Å². The van der Waals surface area contributed by atoms with Crippen molar-refractivity contribution in [3.05, 3.63) is 66.9 Å². The largest absolute Gasteiger partial charge is 0.353 e. The van der Waals surface area contributed by atoms with Gasteiger partial charge in [-0.25, -0.2) is 9.67 Å². The van der Waals surface area contributed by atoms with Gasteiger partial charge in [0.25, 0.3) is 5.91 Å². The molecule has 7 heteroatoms. The van der Waals surface area contributed by atoms with Crippen LogP contribution in [-0.2, 0) is 0 Å². The van der Waals surface area contributed by atoms with Gasteiger partial charge in [-0.15, -0.1) is 0 Å². The number of benzene rings is 1. The number of aromatic nitrogens is 4. The Morgan fingerprint density at radius 2 is 2.04 bits per heavy atom. The summed E-state index contributed by atoms with van der Waals surface area (Å²) in [6.07, 6.45) is 10.4. The molecule has 1 amide bonds. The van der Waals surface area contributed by atoms with Crippen LogP contribution in [0.4, 0.5) is 5.82 Å². The highest BCUT2D eigenvalue weighted by molar-refractivity contribution is 5.94. The van der Waals surface area contributed by atoms with E-state index in [9.17, 15) is 4.79 Å². The van der Waals surface area contributed by atoms with Crippen LogP contribution < -0.4 is 10.2 Å². The molecule has 132 valence electrons. The van der Waals surface area contributed by atoms with Crippen LogP contribution in [0.3, 0.4) is 0 Å². The van der Waals surface area contributed by atoms with Crippen molar-refractivity contribution in [2.45, 2.75) is 18.9 Å². The van der Waals surface area contributed by atoms with Gasteiger partial charge in [0.05, 0.1) is 23.6 Å². The fourth-order valence-electron chi connectivity index (χ4n) is 3.19. The summed E-state index contributed by atoms with van der Waals surface area (Å²) in [5, 5.41) is 7.41. The second kappa shape index (κ2) is 7.35. The second-order valence-corrected chi connectivity index (χ2v) is 6.33. The summed E-state index contributed by atoms with van der Waals surface area (Å²) in [5.41, 5.74) is 1.49. The minimum Gasteiger partial charge on any atom is -0.353 e. The minimum atomic E-state index is -0.0989. The molecular weight excluding hydrogens is 328 g/mol. The average molecular weight is 348 g/mol. The Labute approximate surface area is 151 Å². The number of anilines is 1. The highest BCUT2D eigenvalue weighted by atomic mass is 16.1. The lowest BCUT2D eigenvalue weighted by Crippen LogP contribution is -2.48. The van der Waals surface area contributed by atoms with Gasteiger partial charge in [-0.1, -0.05) is 18.2 Å². The molecule has 1 saturated heterocycles. The van der Waals surface area contributed by atoms with Gasteiger partial charge in [0.15, 0.2) is 0 Å². The van der Waals surface area contributed by atoms with E-state index in [4.69, 9.17) is 0 Å². The molecule has 1 aliphatic rings. The van der Waals surface area contributed by atoms with E-state index < -0.39 is 0 Å². The van der Waals surface area contributed by atoms with Crippen LogP contribution in [0.1, 0.15) is 23.2 Å². The topological polar surface area (TPSA) is 75.9 Å². The molecule has 7 nitrogen and oxygen atoms in total. The molecule has 4 rings (SSSR count). The molecule has 1 aliphatic heterocycles. The normalized spacial score (nSPS) is 17.1. The van der Waals surface area contributed by atoms with Gasteiger partial charge in [0.1, 0.15) is 5.82 Å². The summed E-state index contributed by atoms with van der Waals surface area (Å²) in [7, 11) is 0. The smallest absolute Gasteiger partial charge is 0.254 e. The van der Waals surface area contributed by atoms with Crippen LogP contribution >= 0.6 is 0 Å². The maximum absolute atomic E-state index is 12.6. The lowest BCUT2D eigenvalue weighted by molar-refractivity contribution is 0.0933. The van der Waals surface area contributed by atoms with Gasteiger partial charge in [-0.2, -0.15) is 5.10 Å². The van der Waals surface area contributed by atoms with Crippen LogP contribution in [0.2, 0.25) is 0 Å². The number of hydrogen-bond donors (Lipinski definition) is 1. The first-order chi connectivity index (χ1) is 12.8. The predicted molar refractivity (Wildman–Crippen MR) is 98.3 cm³/mol. The lowest BCUT2D eigenvalue weighted by atomic mass is 10.1. The third kappa shape index (κ3) is 3.56. The van der Waals surface area contributed by atoms with Crippen molar-refractivity contribution in [2.75, 3.05) is 18.0 Å². The van der Waals surface area contributed by atoms with E-state index in [1.54, 1.807) is 35.7 Å². The number of nitrogens with one attached hydrogen (secondary N) is 1. The Kier molecular flexibility index (Phi) is 4.59. The van der Waals surface area contributed by atoms with E-state index in [-0.39, 0.29) is 11.9 Å². The first kappa shape index (κ1) is 16.3. The molecular formula is C19H20N6O. The molecule has 1 aromatic carbocycles. The average Bonchev–Trinajstić information content (AvgIpc) is 3.20. The van der Waals surface area contributed by atoms with Gasteiger partial charge >= 0.3 is 0 Å². The Morgan fingerprint density at radius 1 is 1.15 bits per heavy atom. The second-order valence-electron chi connectivity index (χ2n) is 6.33. The molecule has 3 heterocycles. The zero-order valence-electron chi connectivity index (χ0n) is 14.3. The highest BCUT2D eigenvalue weighted by Crippen LogP contribution is 2.17. The van der Waals surface area contributed by atoms with Crippen molar-refractivity contribution in [3.8, 4) is 5.69 Å². The minimum absolute atomic E-state index is 0.0818. The molecule has 1 N–H and O–H groups in total. The lowest BCUT2D eigenvalue weighted by Gasteiger charge is -2.33. The molecule has 3 aromatic rings. The molecule has 0 unspecified atom stereocenters. The summed E-state index contributed by atoms with van der Waals surface area (Å²) in [5.74, 6) is 0.751. The molecule has 1 atom stereocenters. The predicted octanol–water partition coefficient (Wildman–Crippen LogP) is 2.06.